The Morgan fingerprint density at radius 3 is 1.50 bits per heavy atom. The number of anilines is 2. The molecule has 10 nitrogen and oxygen atoms in total. The van der Waals surface area contributed by atoms with E-state index in [2.05, 4.69) is 10.6 Å². The van der Waals surface area contributed by atoms with Gasteiger partial charge in [-0.2, -0.15) is 0 Å². The summed E-state index contributed by atoms with van der Waals surface area (Å²) in [5, 5.41) is 5.83. The van der Waals surface area contributed by atoms with Gasteiger partial charge in [-0.3, -0.25) is 9.59 Å². The largest absolute Gasteiger partial charge is 0.343 e. The molecule has 10 heteroatoms. The van der Waals surface area contributed by atoms with Crippen LogP contribution in [0.15, 0.2) is 24.3 Å². The fraction of sp³-hybridized carbons (Fsp3) is 0.643. The van der Waals surface area contributed by atoms with Crippen molar-refractivity contribution >= 4 is 35.3 Å². The number of hydrogen-bond acceptors (Lipinski definition) is 4. The van der Waals surface area contributed by atoms with Crippen molar-refractivity contribution < 1.29 is 19.2 Å². The first-order valence-electron chi connectivity index (χ1n) is 14.1. The second-order valence-corrected chi connectivity index (χ2v) is 10.0. The molecule has 1 aromatic carbocycles. The summed E-state index contributed by atoms with van der Waals surface area (Å²) in [5.41, 5.74) is 1.14. The van der Waals surface area contributed by atoms with Crippen LogP contribution in [0.25, 0.3) is 0 Å². The van der Waals surface area contributed by atoms with Gasteiger partial charge in [0.1, 0.15) is 0 Å². The summed E-state index contributed by atoms with van der Waals surface area (Å²) in [4.78, 5) is 58.6. The number of likely N-dealkylation sites (tertiary alicyclic amines) is 2. The number of rotatable bonds is 8. The molecule has 2 aliphatic rings. The second kappa shape index (κ2) is 14.0. The lowest BCUT2D eigenvalue weighted by Gasteiger charge is -2.34. The summed E-state index contributed by atoms with van der Waals surface area (Å²) in [7, 11) is 0. The van der Waals surface area contributed by atoms with Crippen LogP contribution in [0.5, 0.6) is 0 Å². The molecular formula is C28H44N6O4. The minimum absolute atomic E-state index is 0.107. The Bertz CT molecular complexity index is 905. The fourth-order valence-corrected chi connectivity index (χ4v) is 5.39. The Morgan fingerprint density at radius 2 is 1.13 bits per heavy atom. The fourth-order valence-electron chi connectivity index (χ4n) is 5.39. The quantitative estimate of drug-likeness (QED) is 0.534. The summed E-state index contributed by atoms with van der Waals surface area (Å²) in [6, 6.07) is 6.54. The first kappa shape index (κ1) is 29.3. The average Bonchev–Trinajstić information content (AvgIpc) is 2.94. The molecule has 2 fully saturated rings. The van der Waals surface area contributed by atoms with Crippen molar-refractivity contribution in [3.05, 3.63) is 24.3 Å². The molecule has 2 aliphatic heterocycles. The zero-order valence-corrected chi connectivity index (χ0v) is 23.4. The minimum atomic E-state index is -0.251. The molecule has 38 heavy (non-hydrogen) atoms. The monoisotopic (exact) mass is 528 g/mol. The first-order valence-corrected chi connectivity index (χ1v) is 14.1. The normalized spacial score (nSPS) is 19.5. The lowest BCUT2D eigenvalue weighted by atomic mass is 9.96. The molecule has 0 unspecified atom stereocenters. The predicted molar refractivity (Wildman–Crippen MR) is 149 cm³/mol. The van der Waals surface area contributed by atoms with E-state index < -0.39 is 0 Å². The number of hydrogen-bond donors (Lipinski definition) is 2. The number of piperidine rings is 2. The highest BCUT2D eigenvalue weighted by molar-refractivity contribution is 5.93. The van der Waals surface area contributed by atoms with Crippen LogP contribution in [0, 0.1) is 11.8 Å². The van der Waals surface area contributed by atoms with Gasteiger partial charge in [0, 0.05) is 63.7 Å². The molecule has 2 N–H and O–H groups in total. The van der Waals surface area contributed by atoms with Gasteiger partial charge < -0.3 is 30.2 Å². The molecule has 0 aromatic heterocycles. The number of carbonyl (C=O) groups excluding carboxylic acids is 4. The van der Waals surface area contributed by atoms with Crippen molar-refractivity contribution in [1.82, 2.24) is 19.6 Å². The zero-order chi connectivity index (χ0) is 27.7. The number of amides is 6. The maximum absolute atomic E-state index is 13.0. The molecule has 2 heterocycles. The Labute approximate surface area is 226 Å². The van der Waals surface area contributed by atoms with Gasteiger partial charge in [-0.15, -0.1) is 0 Å². The standard InChI is InChI=1S/C28H44N6O4/c1-5-31(6-2)25(35)21-12-10-16-33(19-21)27(37)29-23-14-9-15-24(18-23)30-28(38)34-17-11-13-22(20-34)26(36)32(7-3)8-4/h9,14-15,18,21-22H,5-8,10-13,16-17,19-20H2,1-4H3,(H,29,37)(H,30,38)/t21-,22-/m0/s1. The second-order valence-electron chi connectivity index (χ2n) is 10.0. The highest BCUT2D eigenvalue weighted by atomic mass is 16.2. The van der Waals surface area contributed by atoms with Crippen LogP contribution in [-0.4, -0.2) is 95.8 Å². The van der Waals surface area contributed by atoms with Gasteiger partial charge in [0.2, 0.25) is 11.8 Å². The molecule has 0 radical (unpaired) electrons. The van der Waals surface area contributed by atoms with Crippen LogP contribution in [-0.2, 0) is 9.59 Å². The van der Waals surface area contributed by atoms with E-state index in [1.165, 1.54) is 0 Å². The summed E-state index contributed by atoms with van der Waals surface area (Å²) < 4.78 is 0. The average molecular weight is 529 g/mol. The molecule has 2 atom stereocenters. The van der Waals surface area contributed by atoms with E-state index >= 15 is 0 Å². The smallest absolute Gasteiger partial charge is 0.321 e. The van der Waals surface area contributed by atoms with Gasteiger partial charge in [-0.1, -0.05) is 6.07 Å². The van der Waals surface area contributed by atoms with Crippen molar-refractivity contribution in [2.45, 2.75) is 53.4 Å². The van der Waals surface area contributed by atoms with Gasteiger partial charge in [0.05, 0.1) is 11.8 Å². The summed E-state index contributed by atoms with van der Waals surface area (Å²) in [5.74, 6) is -0.143. The van der Waals surface area contributed by atoms with Crippen LogP contribution >= 0.6 is 0 Å². The highest BCUT2D eigenvalue weighted by Crippen LogP contribution is 2.23. The predicted octanol–water partition coefficient (Wildman–Crippen LogP) is 3.91. The van der Waals surface area contributed by atoms with Gasteiger partial charge in [0.15, 0.2) is 0 Å². The molecule has 210 valence electrons. The molecule has 0 bridgehead atoms. The zero-order valence-electron chi connectivity index (χ0n) is 23.4. The summed E-state index contributed by atoms with van der Waals surface area (Å²) in [6.45, 7) is 12.6. The number of benzene rings is 1. The van der Waals surface area contributed by atoms with Gasteiger partial charge >= 0.3 is 12.1 Å². The molecule has 0 aliphatic carbocycles. The van der Waals surface area contributed by atoms with Gasteiger partial charge in [-0.25, -0.2) is 9.59 Å². The molecule has 0 spiro atoms. The summed E-state index contributed by atoms with van der Waals surface area (Å²) in [6.07, 6.45) is 3.15. The van der Waals surface area contributed by atoms with Crippen molar-refractivity contribution in [1.29, 1.82) is 0 Å². The molecule has 1 aromatic rings. The first-order chi connectivity index (χ1) is 18.3. The van der Waals surface area contributed by atoms with E-state index in [0.29, 0.717) is 63.7 Å². The Morgan fingerprint density at radius 1 is 0.737 bits per heavy atom. The molecule has 6 amide bonds. The van der Waals surface area contributed by atoms with Crippen LogP contribution in [0.4, 0.5) is 21.0 Å². The Kier molecular flexibility index (Phi) is 10.8. The number of nitrogens with zero attached hydrogens (tertiary/aromatic N) is 4. The molecular weight excluding hydrogens is 484 g/mol. The van der Waals surface area contributed by atoms with Crippen molar-refractivity contribution in [3.63, 3.8) is 0 Å². The molecule has 0 saturated carbocycles. The van der Waals surface area contributed by atoms with E-state index in [1.54, 1.807) is 34.1 Å². The maximum Gasteiger partial charge on any atom is 0.321 e. The number of urea groups is 2. The van der Waals surface area contributed by atoms with E-state index in [-0.39, 0.29) is 35.7 Å². The SMILES string of the molecule is CCN(CC)C(=O)[C@H]1CCCN(C(=O)Nc2cccc(NC(=O)N3CCC[C@H](C(=O)N(CC)CC)C3)c2)C1. The Balaban J connectivity index is 1.57. The van der Waals surface area contributed by atoms with E-state index in [4.69, 9.17) is 0 Å². The third kappa shape index (κ3) is 7.39. The topological polar surface area (TPSA) is 105 Å². The highest BCUT2D eigenvalue weighted by Gasteiger charge is 2.32. The Hall–Kier alpha value is -3.30. The molecule has 3 rings (SSSR count). The van der Waals surface area contributed by atoms with Crippen LogP contribution < -0.4 is 10.6 Å². The van der Waals surface area contributed by atoms with Gasteiger partial charge in [-0.05, 0) is 71.6 Å². The third-order valence-electron chi connectivity index (χ3n) is 7.63. The van der Waals surface area contributed by atoms with E-state index in [1.807, 2.05) is 37.5 Å². The minimum Gasteiger partial charge on any atom is -0.343 e. The van der Waals surface area contributed by atoms with E-state index in [9.17, 15) is 19.2 Å². The molecule has 2 saturated heterocycles. The van der Waals surface area contributed by atoms with Crippen molar-refractivity contribution in [3.8, 4) is 0 Å². The summed E-state index contributed by atoms with van der Waals surface area (Å²) >= 11 is 0. The number of nitrogens with one attached hydrogen (secondary N) is 2. The lowest BCUT2D eigenvalue weighted by Crippen LogP contribution is -2.48. The maximum atomic E-state index is 13.0. The third-order valence-corrected chi connectivity index (χ3v) is 7.63. The van der Waals surface area contributed by atoms with Crippen LogP contribution in [0.3, 0.4) is 0 Å². The number of carbonyl (C=O) groups is 4. The van der Waals surface area contributed by atoms with E-state index in [0.717, 1.165) is 25.7 Å². The van der Waals surface area contributed by atoms with Crippen LogP contribution in [0.2, 0.25) is 0 Å². The lowest BCUT2D eigenvalue weighted by molar-refractivity contribution is -0.137. The van der Waals surface area contributed by atoms with Crippen molar-refractivity contribution in [2.75, 3.05) is 63.0 Å². The van der Waals surface area contributed by atoms with Crippen LogP contribution in [0.1, 0.15) is 53.4 Å². The van der Waals surface area contributed by atoms with Gasteiger partial charge in [0.25, 0.3) is 0 Å². The van der Waals surface area contributed by atoms with Crippen molar-refractivity contribution in [2.24, 2.45) is 11.8 Å².